The Hall–Kier alpha value is -0.980. The molecule has 16 heavy (non-hydrogen) atoms. The van der Waals surface area contributed by atoms with E-state index in [1.165, 1.54) is 9.26 Å². The third-order valence-electron chi connectivity index (χ3n) is 2.81. The predicted octanol–water partition coefficient (Wildman–Crippen LogP) is 1.31. The average Bonchev–Trinajstić information content (AvgIpc) is 2.30. The number of hydrogen-bond donors (Lipinski definition) is 2. The number of hydrogen-bond acceptors (Lipinski definition) is 2. The number of nitrogens with one attached hydrogen (secondary N) is 1. The minimum Gasteiger partial charge on any atom is -0.370 e. The fourth-order valence-corrected chi connectivity index (χ4v) is 2.22. The Balaban J connectivity index is 1.99. The van der Waals surface area contributed by atoms with E-state index in [4.69, 9.17) is 11.1 Å². The second-order valence-corrected chi connectivity index (χ2v) is 5.08. The summed E-state index contributed by atoms with van der Waals surface area (Å²) in [5.41, 5.74) is 6.71. The van der Waals surface area contributed by atoms with Crippen LogP contribution in [0.5, 0.6) is 0 Å². The van der Waals surface area contributed by atoms with Gasteiger partial charge in [-0.2, -0.15) is 0 Å². The summed E-state index contributed by atoms with van der Waals surface area (Å²) >= 11 is 2.31. The van der Waals surface area contributed by atoms with Crippen LogP contribution in [-0.4, -0.2) is 37.0 Å². The van der Waals surface area contributed by atoms with Crippen LogP contribution in [0.25, 0.3) is 0 Å². The maximum atomic E-state index is 7.37. The summed E-state index contributed by atoms with van der Waals surface area (Å²) < 4.78 is 1.25. The molecule has 0 atom stereocenters. The van der Waals surface area contributed by atoms with Gasteiger partial charge in [-0.1, -0.05) is 0 Å². The van der Waals surface area contributed by atoms with E-state index in [2.05, 4.69) is 51.8 Å². The summed E-state index contributed by atoms with van der Waals surface area (Å²) in [6.45, 7) is 3.53. The molecule has 0 amide bonds. The van der Waals surface area contributed by atoms with Gasteiger partial charge < -0.3 is 15.5 Å². The molecule has 1 aliphatic heterocycles. The highest BCUT2D eigenvalue weighted by molar-refractivity contribution is 14.1. The maximum Gasteiger partial charge on any atom is 0.188 e. The van der Waals surface area contributed by atoms with Gasteiger partial charge >= 0.3 is 0 Å². The van der Waals surface area contributed by atoms with Gasteiger partial charge in [0.25, 0.3) is 0 Å². The van der Waals surface area contributed by atoms with Crippen LogP contribution in [0, 0.1) is 8.98 Å². The van der Waals surface area contributed by atoms with Gasteiger partial charge in [-0.3, -0.25) is 5.41 Å². The Morgan fingerprint density at radius 3 is 2.19 bits per heavy atom. The van der Waals surface area contributed by atoms with E-state index < -0.39 is 0 Å². The lowest BCUT2D eigenvalue weighted by Gasteiger charge is -2.36. The summed E-state index contributed by atoms with van der Waals surface area (Å²) in [6, 6.07) is 8.52. The van der Waals surface area contributed by atoms with Gasteiger partial charge in [-0.25, -0.2) is 0 Å². The second kappa shape index (κ2) is 4.90. The molecule has 4 nitrogen and oxygen atoms in total. The Bertz CT molecular complexity index is 368. The van der Waals surface area contributed by atoms with Crippen molar-refractivity contribution in [3.63, 3.8) is 0 Å². The van der Waals surface area contributed by atoms with Crippen LogP contribution in [0.2, 0.25) is 0 Å². The Morgan fingerprint density at radius 2 is 1.69 bits per heavy atom. The van der Waals surface area contributed by atoms with E-state index in [1.54, 1.807) is 0 Å². The zero-order valence-corrected chi connectivity index (χ0v) is 11.1. The molecule has 1 fully saturated rings. The van der Waals surface area contributed by atoms with Crippen LogP contribution in [0.4, 0.5) is 5.69 Å². The van der Waals surface area contributed by atoms with Crippen LogP contribution in [0.3, 0.4) is 0 Å². The molecular weight excluding hydrogens is 313 g/mol. The number of anilines is 1. The highest BCUT2D eigenvalue weighted by Gasteiger charge is 2.17. The van der Waals surface area contributed by atoms with Gasteiger partial charge in [0, 0.05) is 35.4 Å². The number of guanidine groups is 1. The zero-order chi connectivity index (χ0) is 11.5. The zero-order valence-electron chi connectivity index (χ0n) is 8.99. The van der Waals surface area contributed by atoms with E-state index in [-0.39, 0.29) is 5.96 Å². The van der Waals surface area contributed by atoms with Gasteiger partial charge in [0.05, 0.1) is 0 Å². The molecule has 0 unspecified atom stereocenters. The number of rotatable bonds is 1. The van der Waals surface area contributed by atoms with Crippen molar-refractivity contribution in [1.82, 2.24) is 4.90 Å². The molecule has 1 heterocycles. The van der Waals surface area contributed by atoms with Crippen molar-refractivity contribution in [1.29, 1.82) is 5.41 Å². The highest BCUT2D eigenvalue weighted by Crippen LogP contribution is 2.17. The SMILES string of the molecule is N=C(N)N1CCN(c2ccc([125I])cc2)CC1. The van der Waals surface area contributed by atoms with Gasteiger partial charge in [-0.05, 0) is 46.9 Å². The van der Waals surface area contributed by atoms with Crippen molar-refractivity contribution >= 4 is 34.2 Å². The maximum absolute atomic E-state index is 7.37. The minimum absolute atomic E-state index is 0.183. The molecule has 86 valence electrons. The molecule has 1 aliphatic rings. The van der Waals surface area contributed by atoms with Crippen molar-refractivity contribution in [2.45, 2.75) is 0 Å². The molecule has 1 aromatic rings. The van der Waals surface area contributed by atoms with Crippen molar-refractivity contribution < 1.29 is 0 Å². The van der Waals surface area contributed by atoms with Crippen LogP contribution >= 0.6 is 22.6 Å². The molecule has 0 radical (unpaired) electrons. The lowest BCUT2D eigenvalue weighted by molar-refractivity contribution is 0.380. The summed E-state index contributed by atoms with van der Waals surface area (Å²) in [5.74, 6) is 0.183. The number of nitrogens with two attached hydrogens (primary N) is 1. The predicted molar refractivity (Wildman–Crippen MR) is 74.9 cm³/mol. The average molecular weight is 328 g/mol. The van der Waals surface area contributed by atoms with Gasteiger partial charge in [-0.15, -0.1) is 0 Å². The first-order chi connectivity index (χ1) is 7.66. The van der Waals surface area contributed by atoms with Gasteiger partial charge in [0.1, 0.15) is 0 Å². The summed E-state index contributed by atoms with van der Waals surface area (Å²) in [6.07, 6.45) is 0. The number of benzene rings is 1. The van der Waals surface area contributed by atoms with E-state index in [0.717, 1.165) is 26.2 Å². The van der Waals surface area contributed by atoms with Crippen molar-refractivity contribution in [3.8, 4) is 0 Å². The standard InChI is InChI=1S/C11H15IN4/c12-9-1-3-10(4-2-9)15-5-7-16(8-6-15)11(13)14/h1-4H,5-8H2,(H3,13,14)/i12-2. The number of piperazine rings is 1. The first-order valence-electron chi connectivity index (χ1n) is 5.26. The van der Waals surface area contributed by atoms with Crippen molar-refractivity contribution in [3.05, 3.63) is 27.8 Å². The van der Waals surface area contributed by atoms with Crippen molar-refractivity contribution in [2.75, 3.05) is 31.1 Å². The highest BCUT2D eigenvalue weighted by atomic mass is 125. The smallest absolute Gasteiger partial charge is 0.188 e. The molecule has 0 spiro atoms. The van der Waals surface area contributed by atoms with Gasteiger partial charge in [0.2, 0.25) is 0 Å². The molecule has 0 saturated carbocycles. The Kier molecular flexibility index (Phi) is 3.52. The third kappa shape index (κ3) is 2.58. The quantitative estimate of drug-likeness (QED) is 0.464. The summed E-state index contributed by atoms with van der Waals surface area (Å²) in [4.78, 5) is 4.23. The van der Waals surface area contributed by atoms with E-state index in [0.29, 0.717) is 0 Å². The van der Waals surface area contributed by atoms with Crippen LogP contribution in [-0.2, 0) is 0 Å². The molecule has 2 rings (SSSR count). The molecule has 5 heteroatoms. The van der Waals surface area contributed by atoms with E-state index in [1.807, 2.05) is 4.90 Å². The van der Waals surface area contributed by atoms with E-state index >= 15 is 0 Å². The first-order valence-corrected chi connectivity index (χ1v) is 6.34. The fourth-order valence-electron chi connectivity index (χ4n) is 1.86. The van der Waals surface area contributed by atoms with Crippen LogP contribution < -0.4 is 10.6 Å². The Labute approximate surface area is 109 Å². The number of halogens is 1. The molecule has 0 aromatic heterocycles. The summed E-state index contributed by atoms with van der Waals surface area (Å²) in [5, 5.41) is 7.37. The molecule has 1 aromatic carbocycles. The lowest BCUT2D eigenvalue weighted by atomic mass is 10.2. The largest absolute Gasteiger partial charge is 0.370 e. The lowest BCUT2D eigenvalue weighted by Crippen LogP contribution is -2.50. The minimum atomic E-state index is 0.183. The first kappa shape index (κ1) is 11.5. The Morgan fingerprint density at radius 1 is 1.12 bits per heavy atom. The molecule has 0 bridgehead atoms. The van der Waals surface area contributed by atoms with Gasteiger partial charge in [0.15, 0.2) is 5.96 Å². The molecule has 0 aliphatic carbocycles. The fraction of sp³-hybridized carbons (Fsp3) is 0.364. The third-order valence-corrected chi connectivity index (χ3v) is 3.53. The molecule has 3 N–H and O–H groups in total. The van der Waals surface area contributed by atoms with Crippen molar-refractivity contribution in [2.24, 2.45) is 5.73 Å². The normalized spacial score (nSPS) is 16.3. The van der Waals surface area contributed by atoms with Crippen LogP contribution in [0.15, 0.2) is 24.3 Å². The molecule has 1 saturated heterocycles. The monoisotopic (exact) mass is 328 g/mol. The molecular formula is C11H15IN4. The van der Waals surface area contributed by atoms with E-state index in [9.17, 15) is 0 Å². The topological polar surface area (TPSA) is 56.4 Å². The van der Waals surface area contributed by atoms with Crippen LogP contribution in [0.1, 0.15) is 0 Å². The number of nitrogens with zero attached hydrogens (tertiary/aromatic N) is 2. The second-order valence-electron chi connectivity index (χ2n) is 3.84. The summed E-state index contributed by atoms with van der Waals surface area (Å²) in [7, 11) is 0.